The van der Waals surface area contributed by atoms with Gasteiger partial charge in [-0.25, -0.2) is 0 Å². The van der Waals surface area contributed by atoms with Crippen molar-refractivity contribution in [3.05, 3.63) is 36.5 Å². The van der Waals surface area contributed by atoms with Crippen LogP contribution in [-0.4, -0.2) is 29.8 Å². The van der Waals surface area contributed by atoms with E-state index in [1.54, 1.807) is 6.20 Å². The Balaban J connectivity index is 2.79. The van der Waals surface area contributed by atoms with Crippen LogP contribution in [0.2, 0.25) is 0 Å². The minimum atomic E-state index is 0.494. The summed E-state index contributed by atoms with van der Waals surface area (Å²) in [5.41, 5.74) is 0.961. The first-order valence-electron chi connectivity index (χ1n) is 3.67. The van der Waals surface area contributed by atoms with Crippen LogP contribution in [0, 0.1) is 0 Å². The van der Waals surface area contributed by atoms with Gasteiger partial charge < -0.3 is 0 Å². The van der Waals surface area contributed by atoms with Crippen molar-refractivity contribution in [1.82, 2.24) is 4.98 Å². The zero-order chi connectivity index (χ0) is 8.39. The first kappa shape index (κ1) is 7.92. The standard InChI is InChI=1S/C9H7NO.In.H/c11-8-5-1-3-7-4-2-6-10-9(7)8;;/h1-6,11H;;/q;+1;/p-1. The van der Waals surface area contributed by atoms with Crippen LogP contribution in [0.5, 0.6) is 5.75 Å². The first-order valence-corrected chi connectivity index (χ1v) is 5.32. The molecule has 0 amide bonds. The molecule has 2 aromatic rings. The molecule has 1 heterocycles. The van der Waals surface area contributed by atoms with E-state index >= 15 is 0 Å². The van der Waals surface area contributed by atoms with Crippen LogP contribution in [-0.2, 0) is 0 Å². The van der Waals surface area contributed by atoms with E-state index in [-0.39, 0.29) is 0 Å². The molecular formula is C9H7InNO. The summed E-state index contributed by atoms with van der Waals surface area (Å²) in [6, 6.07) is 9.95. The summed E-state index contributed by atoms with van der Waals surface area (Å²) in [6.45, 7) is 0. The van der Waals surface area contributed by atoms with Gasteiger partial charge in [-0.1, -0.05) is 0 Å². The van der Waals surface area contributed by atoms with E-state index in [0.29, 0.717) is 24.8 Å². The number of fused-ring (bicyclic) bond motifs is 1. The zero-order valence-corrected chi connectivity index (χ0v) is 10.6. The van der Waals surface area contributed by atoms with Gasteiger partial charge in [0.05, 0.1) is 0 Å². The fraction of sp³-hybridized carbons (Fsp3) is 0. The molecular weight excluding hydrogens is 253 g/mol. The SMILES string of the molecule is [InH][O]c1cccc2cccnc12. The Kier molecular flexibility index (Phi) is 2.21. The Hall–Kier alpha value is -0.700. The average molecular weight is 260 g/mol. The van der Waals surface area contributed by atoms with Crippen LogP contribution in [0.15, 0.2) is 36.5 Å². The summed E-state index contributed by atoms with van der Waals surface area (Å²) < 4.78 is 5.33. The van der Waals surface area contributed by atoms with Crippen LogP contribution in [0.3, 0.4) is 0 Å². The van der Waals surface area contributed by atoms with Crippen molar-refractivity contribution in [3.63, 3.8) is 0 Å². The molecule has 2 nitrogen and oxygen atoms in total. The number of benzene rings is 1. The summed E-state index contributed by atoms with van der Waals surface area (Å²) in [5, 5.41) is 1.14. The third kappa shape index (κ3) is 1.29. The number of nitrogens with zero attached hydrogens (tertiary/aromatic N) is 1. The van der Waals surface area contributed by atoms with Gasteiger partial charge >= 0.3 is 85.8 Å². The molecule has 1 radical (unpaired) electrons. The van der Waals surface area contributed by atoms with Gasteiger partial charge in [0.25, 0.3) is 0 Å². The Labute approximate surface area is 85.8 Å². The van der Waals surface area contributed by atoms with Crippen molar-refractivity contribution < 1.29 is 2.85 Å². The Bertz CT molecular complexity index is 397. The predicted molar refractivity (Wildman–Crippen MR) is 49.5 cm³/mol. The quantitative estimate of drug-likeness (QED) is 0.773. The van der Waals surface area contributed by atoms with Crippen LogP contribution in [0.4, 0.5) is 0 Å². The molecule has 0 atom stereocenters. The molecule has 1 aromatic carbocycles. The van der Waals surface area contributed by atoms with Crippen molar-refractivity contribution in [1.29, 1.82) is 0 Å². The number of aromatic nitrogens is 1. The van der Waals surface area contributed by atoms with E-state index < -0.39 is 0 Å². The first-order chi connectivity index (χ1) is 5.92. The molecule has 0 aliphatic rings. The second-order valence-electron chi connectivity index (χ2n) is 2.48. The van der Waals surface area contributed by atoms with Gasteiger partial charge in [0.2, 0.25) is 0 Å². The predicted octanol–water partition coefficient (Wildman–Crippen LogP) is 1.43. The van der Waals surface area contributed by atoms with Gasteiger partial charge in [0.15, 0.2) is 0 Å². The zero-order valence-electron chi connectivity index (χ0n) is 6.53. The van der Waals surface area contributed by atoms with Gasteiger partial charge in [-0.2, -0.15) is 0 Å². The van der Waals surface area contributed by atoms with Crippen LogP contribution < -0.4 is 2.85 Å². The molecule has 0 aliphatic heterocycles. The Morgan fingerprint density at radius 2 is 2.00 bits per heavy atom. The molecule has 0 bridgehead atoms. The number of rotatable bonds is 1. The third-order valence-corrected chi connectivity index (χ3v) is 2.64. The van der Waals surface area contributed by atoms with E-state index in [4.69, 9.17) is 2.85 Å². The molecule has 2 rings (SSSR count). The van der Waals surface area contributed by atoms with Crippen LogP contribution in [0.25, 0.3) is 10.9 Å². The van der Waals surface area contributed by atoms with Crippen molar-refractivity contribution in [2.24, 2.45) is 0 Å². The number of hydrogen-bond donors (Lipinski definition) is 0. The minimum absolute atomic E-state index is 0.494. The molecule has 0 saturated carbocycles. The topological polar surface area (TPSA) is 22.1 Å². The van der Waals surface area contributed by atoms with E-state index in [1.807, 2.05) is 30.3 Å². The summed E-state index contributed by atoms with van der Waals surface area (Å²) in [4.78, 5) is 4.25. The van der Waals surface area contributed by atoms with Crippen molar-refractivity contribution >= 4 is 35.7 Å². The molecule has 0 spiro atoms. The molecule has 57 valence electrons. The maximum atomic E-state index is 5.33. The van der Waals surface area contributed by atoms with Gasteiger partial charge in [-0.15, -0.1) is 0 Å². The van der Waals surface area contributed by atoms with E-state index in [9.17, 15) is 0 Å². The molecule has 0 unspecified atom stereocenters. The fourth-order valence-corrected chi connectivity index (χ4v) is 1.86. The monoisotopic (exact) mass is 260 g/mol. The van der Waals surface area contributed by atoms with Gasteiger partial charge in [0.1, 0.15) is 0 Å². The second-order valence-corrected chi connectivity index (χ2v) is 3.30. The Morgan fingerprint density at radius 1 is 1.17 bits per heavy atom. The number of hydrogen-bond acceptors (Lipinski definition) is 2. The van der Waals surface area contributed by atoms with Crippen molar-refractivity contribution in [2.45, 2.75) is 0 Å². The maximum absolute atomic E-state index is 5.33. The second kappa shape index (κ2) is 3.35. The van der Waals surface area contributed by atoms with Crippen molar-refractivity contribution in [2.75, 3.05) is 0 Å². The Morgan fingerprint density at radius 3 is 2.83 bits per heavy atom. The van der Waals surface area contributed by atoms with E-state index in [1.165, 1.54) is 0 Å². The normalized spacial score (nSPS) is 10.0. The molecule has 0 fully saturated rings. The summed E-state index contributed by atoms with van der Waals surface area (Å²) >= 11 is 0.494. The molecule has 1 aromatic heterocycles. The van der Waals surface area contributed by atoms with Crippen molar-refractivity contribution in [3.8, 4) is 5.75 Å². The third-order valence-electron chi connectivity index (χ3n) is 1.75. The van der Waals surface area contributed by atoms with Gasteiger partial charge in [-0.05, 0) is 0 Å². The van der Waals surface area contributed by atoms with Gasteiger partial charge in [0, 0.05) is 0 Å². The number of pyridine rings is 1. The molecule has 0 N–H and O–H groups in total. The number of para-hydroxylation sites is 1. The summed E-state index contributed by atoms with van der Waals surface area (Å²) in [5.74, 6) is 0.903. The molecule has 0 aliphatic carbocycles. The molecule has 0 saturated heterocycles. The fourth-order valence-electron chi connectivity index (χ4n) is 1.19. The summed E-state index contributed by atoms with van der Waals surface area (Å²) in [7, 11) is 0. The van der Waals surface area contributed by atoms with E-state index in [0.717, 1.165) is 16.7 Å². The van der Waals surface area contributed by atoms with Crippen LogP contribution >= 0.6 is 0 Å². The average Bonchev–Trinajstić information content (AvgIpc) is 2.17. The van der Waals surface area contributed by atoms with Crippen LogP contribution in [0.1, 0.15) is 0 Å². The summed E-state index contributed by atoms with van der Waals surface area (Å²) in [6.07, 6.45) is 1.79. The molecule has 12 heavy (non-hydrogen) atoms. The van der Waals surface area contributed by atoms with Gasteiger partial charge in [-0.3, -0.25) is 0 Å². The molecule has 3 heteroatoms. The van der Waals surface area contributed by atoms with E-state index in [2.05, 4.69) is 4.98 Å².